The summed E-state index contributed by atoms with van der Waals surface area (Å²) in [6, 6.07) is 24.3. The molecule has 0 bridgehead atoms. The molecule has 0 aliphatic carbocycles. The zero-order valence-corrected chi connectivity index (χ0v) is 18.3. The first kappa shape index (κ1) is 23.6. The maximum Gasteiger partial charge on any atom is 0.333 e. The van der Waals surface area contributed by atoms with Crippen LogP contribution in [0.2, 0.25) is 0 Å². The minimum absolute atomic E-state index is 0.309. The number of hydrogen-bond acceptors (Lipinski definition) is 5. The van der Waals surface area contributed by atoms with Crippen molar-refractivity contribution in [1.29, 1.82) is 0 Å². The Labute approximate surface area is 193 Å². The molecule has 0 aromatic heterocycles. The Bertz CT molecular complexity index is 1130. The second-order valence-electron chi connectivity index (χ2n) is 7.20. The Morgan fingerprint density at radius 3 is 2.24 bits per heavy atom. The van der Waals surface area contributed by atoms with Gasteiger partial charge < -0.3 is 19.8 Å². The molecule has 0 heterocycles. The van der Waals surface area contributed by atoms with Crippen LogP contribution in [0.3, 0.4) is 0 Å². The van der Waals surface area contributed by atoms with E-state index in [0.29, 0.717) is 30.9 Å². The number of aliphatic carboxylic acids is 1. The van der Waals surface area contributed by atoms with Gasteiger partial charge in [-0.25, -0.2) is 4.79 Å². The van der Waals surface area contributed by atoms with Gasteiger partial charge in [0.25, 0.3) is 0 Å². The third kappa shape index (κ3) is 6.96. The predicted octanol–water partition coefficient (Wildman–Crippen LogP) is 4.38. The first-order chi connectivity index (χ1) is 16.1. The molecule has 3 aromatic carbocycles. The first-order valence-corrected chi connectivity index (χ1v) is 10.4. The monoisotopic (exact) mass is 443 g/mol. The lowest BCUT2D eigenvalue weighted by Gasteiger charge is -2.10. The molecule has 0 saturated carbocycles. The lowest BCUT2D eigenvalue weighted by molar-refractivity contribution is -0.148. The Morgan fingerprint density at radius 1 is 0.970 bits per heavy atom. The van der Waals surface area contributed by atoms with Gasteiger partial charge in [0.1, 0.15) is 11.5 Å². The third-order valence-electron chi connectivity index (χ3n) is 4.94. The number of carboxylic acid groups (broad SMARTS) is 1. The molecule has 1 atom stereocenters. The summed E-state index contributed by atoms with van der Waals surface area (Å²) >= 11 is 0. The summed E-state index contributed by atoms with van der Waals surface area (Å²) in [5, 5.41) is 21.9. The van der Waals surface area contributed by atoms with E-state index in [2.05, 4.69) is 17.0 Å². The molecule has 33 heavy (non-hydrogen) atoms. The largest absolute Gasteiger partial charge is 0.493 e. The minimum atomic E-state index is -0.978. The summed E-state index contributed by atoms with van der Waals surface area (Å²) < 4.78 is 10.7. The van der Waals surface area contributed by atoms with Crippen LogP contribution in [0.1, 0.15) is 28.7 Å². The van der Waals surface area contributed by atoms with Gasteiger partial charge in [-0.2, -0.15) is 0 Å². The lowest BCUT2D eigenvalue weighted by atomic mass is 10.0. The number of carboxylic acids is 1. The van der Waals surface area contributed by atoms with Crippen LogP contribution in [0.4, 0.5) is 0 Å². The van der Waals surface area contributed by atoms with Crippen molar-refractivity contribution in [3.05, 3.63) is 101 Å². The van der Waals surface area contributed by atoms with E-state index < -0.39 is 12.1 Å². The van der Waals surface area contributed by atoms with Gasteiger partial charge in [0.05, 0.1) is 6.61 Å². The van der Waals surface area contributed by atoms with Crippen LogP contribution in [-0.4, -0.2) is 41.8 Å². The van der Waals surface area contributed by atoms with Crippen LogP contribution in [0.15, 0.2) is 84.0 Å². The van der Waals surface area contributed by atoms with Gasteiger partial charge in [-0.05, 0) is 42.0 Å². The Balaban J connectivity index is 1.48. The highest BCUT2D eigenvalue weighted by Gasteiger charge is 2.16. The van der Waals surface area contributed by atoms with Crippen LogP contribution in [-0.2, 0) is 16.0 Å². The summed E-state index contributed by atoms with van der Waals surface area (Å²) in [6.07, 6.45) is 0.0131. The summed E-state index contributed by atoms with van der Waals surface area (Å²) in [5.74, 6) is 5.88. The summed E-state index contributed by atoms with van der Waals surface area (Å²) in [7, 11) is 1.39. The fourth-order valence-corrected chi connectivity index (χ4v) is 3.18. The van der Waals surface area contributed by atoms with E-state index in [-0.39, 0.29) is 0 Å². The molecular formula is C27H25NO5. The number of carbonyl (C=O) groups is 1. The van der Waals surface area contributed by atoms with E-state index in [1.54, 1.807) is 0 Å². The van der Waals surface area contributed by atoms with E-state index >= 15 is 0 Å². The molecule has 1 unspecified atom stereocenters. The SMILES string of the molecule is COC(Cc1ccc(C#CCCOc2ccc(/C(=N/O)c3ccccc3)cc2)cc1)C(=O)O. The molecule has 0 radical (unpaired) electrons. The number of hydrogen-bond donors (Lipinski definition) is 2. The van der Waals surface area contributed by atoms with E-state index in [1.807, 2.05) is 78.9 Å². The molecule has 0 aliphatic heterocycles. The molecular weight excluding hydrogens is 418 g/mol. The molecule has 0 aliphatic rings. The zero-order valence-electron chi connectivity index (χ0n) is 18.3. The van der Waals surface area contributed by atoms with Crippen molar-refractivity contribution in [2.24, 2.45) is 5.16 Å². The van der Waals surface area contributed by atoms with Gasteiger partial charge >= 0.3 is 5.97 Å². The Morgan fingerprint density at radius 2 is 1.64 bits per heavy atom. The molecule has 6 nitrogen and oxygen atoms in total. The molecule has 3 rings (SSSR count). The zero-order chi connectivity index (χ0) is 23.5. The Kier molecular flexibility index (Phi) is 8.63. The lowest BCUT2D eigenvalue weighted by Crippen LogP contribution is -2.24. The fourth-order valence-electron chi connectivity index (χ4n) is 3.18. The number of ether oxygens (including phenoxy) is 2. The quantitative estimate of drug-likeness (QED) is 0.169. The second kappa shape index (κ2) is 12.1. The standard InChI is InChI=1S/C27H25NO5/c1-32-25(27(29)30)19-21-12-10-20(11-13-21)7-5-6-18-33-24-16-14-23(15-17-24)26(28-31)22-8-3-2-4-9-22/h2-4,8-17,25,31H,6,18-19H2,1H3,(H,29,30)/b28-26+. The van der Waals surface area contributed by atoms with Crippen molar-refractivity contribution in [2.45, 2.75) is 18.9 Å². The number of benzene rings is 3. The highest BCUT2D eigenvalue weighted by molar-refractivity contribution is 6.12. The third-order valence-corrected chi connectivity index (χ3v) is 4.94. The maximum atomic E-state index is 11.1. The number of oxime groups is 1. The predicted molar refractivity (Wildman–Crippen MR) is 126 cm³/mol. The van der Waals surface area contributed by atoms with Crippen LogP contribution in [0.5, 0.6) is 5.75 Å². The highest BCUT2D eigenvalue weighted by Crippen LogP contribution is 2.16. The maximum absolute atomic E-state index is 11.1. The van der Waals surface area contributed by atoms with Crippen molar-refractivity contribution in [1.82, 2.24) is 0 Å². The number of methoxy groups -OCH3 is 1. The summed E-state index contributed by atoms with van der Waals surface area (Å²) in [5.41, 5.74) is 3.85. The van der Waals surface area contributed by atoms with Crippen LogP contribution in [0, 0.1) is 11.8 Å². The van der Waals surface area contributed by atoms with Gasteiger partial charge in [-0.3, -0.25) is 0 Å². The van der Waals surface area contributed by atoms with Gasteiger partial charge in [-0.1, -0.05) is 59.5 Å². The normalized spacial score (nSPS) is 11.8. The molecule has 3 aromatic rings. The van der Waals surface area contributed by atoms with Crippen LogP contribution < -0.4 is 4.74 Å². The number of rotatable bonds is 9. The van der Waals surface area contributed by atoms with E-state index in [9.17, 15) is 10.0 Å². The molecule has 6 heteroatoms. The first-order valence-electron chi connectivity index (χ1n) is 10.4. The van der Waals surface area contributed by atoms with Gasteiger partial charge in [0, 0.05) is 36.6 Å². The minimum Gasteiger partial charge on any atom is -0.493 e. The van der Waals surface area contributed by atoms with Crippen LogP contribution >= 0.6 is 0 Å². The van der Waals surface area contributed by atoms with Crippen molar-refractivity contribution < 1.29 is 24.6 Å². The molecule has 2 N–H and O–H groups in total. The van der Waals surface area contributed by atoms with Crippen molar-refractivity contribution in [3.8, 4) is 17.6 Å². The molecule has 0 saturated heterocycles. The Hall–Kier alpha value is -4.08. The van der Waals surface area contributed by atoms with Gasteiger partial charge in [-0.15, -0.1) is 0 Å². The summed E-state index contributed by atoms with van der Waals surface area (Å²) in [4.78, 5) is 11.1. The average Bonchev–Trinajstić information content (AvgIpc) is 2.85. The van der Waals surface area contributed by atoms with Gasteiger partial charge in [0.15, 0.2) is 6.10 Å². The van der Waals surface area contributed by atoms with E-state index in [1.165, 1.54) is 7.11 Å². The van der Waals surface area contributed by atoms with E-state index in [0.717, 1.165) is 22.3 Å². The fraction of sp³-hybridized carbons (Fsp3) is 0.185. The second-order valence-corrected chi connectivity index (χ2v) is 7.20. The van der Waals surface area contributed by atoms with Crippen molar-refractivity contribution >= 4 is 11.7 Å². The smallest absolute Gasteiger partial charge is 0.333 e. The molecule has 168 valence electrons. The summed E-state index contributed by atoms with van der Waals surface area (Å²) in [6.45, 7) is 0.443. The molecule has 0 fully saturated rings. The molecule has 0 spiro atoms. The van der Waals surface area contributed by atoms with Gasteiger partial charge in [0.2, 0.25) is 0 Å². The number of nitrogens with zero attached hydrogens (tertiary/aromatic N) is 1. The average molecular weight is 443 g/mol. The van der Waals surface area contributed by atoms with Crippen molar-refractivity contribution in [3.63, 3.8) is 0 Å². The van der Waals surface area contributed by atoms with Crippen molar-refractivity contribution in [2.75, 3.05) is 13.7 Å². The van der Waals surface area contributed by atoms with E-state index in [4.69, 9.17) is 14.6 Å². The highest BCUT2D eigenvalue weighted by atomic mass is 16.5. The van der Waals surface area contributed by atoms with Crippen LogP contribution in [0.25, 0.3) is 0 Å². The molecule has 0 amide bonds. The topological polar surface area (TPSA) is 88.4 Å².